The average molecular weight is 374 g/mol. The third-order valence-corrected chi connectivity index (χ3v) is 4.73. The van der Waals surface area contributed by atoms with E-state index in [9.17, 15) is 4.79 Å². The van der Waals surface area contributed by atoms with Crippen LogP contribution in [0.2, 0.25) is 0 Å². The van der Waals surface area contributed by atoms with Gasteiger partial charge in [-0.3, -0.25) is 9.69 Å². The van der Waals surface area contributed by atoms with E-state index >= 15 is 0 Å². The number of benzene rings is 1. The Hall–Kier alpha value is -2.12. The second-order valence-electron chi connectivity index (χ2n) is 7.05. The van der Waals surface area contributed by atoms with Crippen LogP contribution in [0.1, 0.15) is 30.9 Å². The lowest BCUT2D eigenvalue weighted by molar-refractivity contribution is -0.120. The summed E-state index contributed by atoms with van der Waals surface area (Å²) in [7, 11) is 0. The molecule has 1 aliphatic carbocycles. The quantitative estimate of drug-likeness (QED) is 0.465. The van der Waals surface area contributed by atoms with Crippen LogP contribution in [0.4, 0.5) is 0 Å². The molecule has 0 spiro atoms. The summed E-state index contributed by atoms with van der Waals surface area (Å²) in [4.78, 5) is 19.0. The van der Waals surface area contributed by atoms with E-state index in [1.807, 2.05) is 6.92 Å². The van der Waals surface area contributed by atoms with E-state index < -0.39 is 0 Å². The molecule has 1 aliphatic heterocycles. The topological polar surface area (TPSA) is 78.0 Å². The fraction of sp³-hybridized carbons (Fsp3) is 0.600. The molecule has 7 heteroatoms. The summed E-state index contributed by atoms with van der Waals surface area (Å²) >= 11 is 0. The van der Waals surface area contributed by atoms with Crippen molar-refractivity contribution in [3.63, 3.8) is 0 Å². The fourth-order valence-corrected chi connectivity index (χ4v) is 3.04. The summed E-state index contributed by atoms with van der Waals surface area (Å²) in [6.45, 7) is 8.07. The summed E-state index contributed by atoms with van der Waals surface area (Å²) in [5.74, 6) is 0.695. The molecule has 1 aromatic carbocycles. The van der Waals surface area contributed by atoms with Gasteiger partial charge in [0.1, 0.15) is 0 Å². The number of hydrogen-bond acceptors (Lipinski definition) is 4. The number of hydrogen-bond donors (Lipinski definition) is 3. The first-order valence-electron chi connectivity index (χ1n) is 9.93. The van der Waals surface area contributed by atoms with Gasteiger partial charge in [-0.2, -0.15) is 0 Å². The monoisotopic (exact) mass is 373 g/mol. The highest BCUT2D eigenvalue weighted by Gasteiger charge is 2.23. The highest BCUT2D eigenvalue weighted by Crippen LogP contribution is 2.18. The van der Waals surface area contributed by atoms with Crippen LogP contribution in [0.15, 0.2) is 29.3 Å². The average Bonchev–Trinajstić information content (AvgIpc) is 3.50. The molecule has 0 aromatic heterocycles. The van der Waals surface area contributed by atoms with Crippen molar-refractivity contribution < 1.29 is 9.53 Å². The van der Waals surface area contributed by atoms with Gasteiger partial charge in [0.25, 0.3) is 0 Å². The number of carbonyl (C=O) groups is 1. The second kappa shape index (κ2) is 10.3. The predicted octanol–water partition coefficient (Wildman–Crippen LogP) is 0.853. The van der Waals surface area contributed by atoms with Gasteiger partial charge in [0, 0.05) is 32.2 Å². The number of morpholine rings is 1. The number of carbonyl (C=O) groups excluding carboxylic acids is 1. The van der Waals surface area contributed by atoms with Gasteiger partial charge in [-0.1, -0.05) is 24.3 Å². The highest BCUT2D eigenvalue weighted by atomic mass is 16.5. The molecule has 2 fully saturated rings. The summed E-state index contributed by atoms with van der Waals surface area (Å²) in [5, 5.41) is 9.31. The zero-order chi connectivity index (χ0) is 18.9. The largest absolute Gasteiger partial charge is 0.379 e. The Morgan fingerprint density at radius 3 is 2.63 bits per heavy atom. The lowest BCUT2D eigenvalue weighted by atomic mass is 10.1. The third kappa shape index (κ3) is 6.84. The van der Waals surface area contributed by atoms with Gasteiger partial charge in [-0.05, 0) is 30.9 Å². The Balaban J connectivity index is 1.56. The molecule has 7 nitrogen and oxygen atoms in total. The molecule has 27 heavy (non-hydrogen) atoms. The van der Waals surface area contributed by atoms with Crippen LogP contribution >= 0.6 is 0 Å². The number of amides is 1. The maximum Gasteiger partial charge on any atom is 0.239 e. The molecule has 0 atom stereocenters. The number of rotatable bonds is 8. The summed E-state index contributed by atoms with van der Waals surface area (Å²) < 4.78 is 5.43. The van der Waals surface area contributed by atoms with Crippen molar-refractivity contribution in [2.24, 2.45) is 4.99 Å². The summed E-state index contributed by atoms with van der Waals surface area (Å²) in [6.07, 6.45) is 2.19. The minimum absolute atomic E-state index is 0.0239. The van der Waals surface area contributed by atoms with Crippen molar-refractivity contribution in [3.05, 3.63) is 35.4 Å². The number of guanidine groups is 1. The molecule has 0 bridgehead atoms. The minimum atomic E-state index is 0.0239. The van der Waals surface area contributed by atoms with Crippen molar-refractivity contribution in [1.82, 2.24) is 20.9 Å². The first kappa shape index (κ1) is 19.6. The van der Waals surface area contributed by atoms with Crippen LogP contribution in [-0.2, 0) is 22.6 Å². The van der Waals surface area contributed by atoms with E-state index in [1.54, 1.807) is 0 Å². The number of ether oxygens (including phenoxy) is 1. The van der Waals surface area contributed by atoms with Crippen LogP contribution in [-0.4, -0.2) is 62.2 Å². The molecule has 1 aromatic rings. The molecular formula is C20H31N5O2. The van der Waals surface area contributed by atoms with E-state index in [0.29, 0.717) is 18.5 Å². The fourth-order valence-electron chi connectivity index (χ4n) is 3.04. The Kier molecular flexibility index (Phi) is 7.47. The first-order valence-corrected chi connectivity index (χ1v) is 9.93. The van der Waals surface area contributed by atoms with Crippen LogP contribution in [0.3, 0.4) is 0 Å². The van der Waals surface area contributed by atoms with Crippen LogP contribution in [0.25, 0.3) is 0 Å². The van der Waals surface area contributed by atoms with Crippen molar-refractivity contribution in [2.75, 3.05) is 39.4 Å². The number of nitrogens with one attached hydrogen (secondary N) is 3. The molecule has 0 unspecified atom stereocenters. The molecule has 3 rings (SSSR count). The molecule has 1 heterocycles. The zero-order valence-electron chi connectivity index (χ0n) is 16.2. The SMILES string of the molecule is CCNC(=NCc1ccccc1CN1CCOCC1)NCC(=O)NC1CC1. The molecule has 148 valence electrons. The lowest BCUT2D eigenvalue weighted by Gasteiger charge is -2.27. The van der Waals surface area contributed by atoms with E-state index in [1.165, 1.54) is 11.1 Å². The summed E-state index contributed by atoms with van der Waals surface area (Å²) in [5.41, 5.74) is 2.51. The van der Waals surface area contributed by atoms with Gasteiger partial charge in [0.2, 0.25) is 5.91 Å². The van der Waals surface area contributed by atoms with Gasteiger partial charge in [-0.15, -0.1) is 0 Å². The molecule has 2 aliphatic rings. The van der Waals surface area contributed by atoms with Crippen molar-refractivity contribution in [3.8, 4) is 0 Å². The standard InChI is InChI=1S/C20H31N5O2/c1-2-21-20(23-14-19(26)24-18-7-8-18)22-13-16-5-3-4-6-17(16)15-25-9-11-27-12-10-25/h3-6,18H,2,7-15H2,1H3,(H,24,26)(H2,21,22,23). The number of nitrogens with zero attached hydrogens (tertiary/aromatic N) is 2. The molecule has 1 amide bonds. The van der Waals surface area contributed by atoms with Gasteiger partial charge in [0.05, 0.1) is 26.3 Å². The molecule has 0 radical (unpaired) electrons. The van der Waals surface area contributed by atoms with Crippen molar-refractivity contribution in [2.45, 2.75) is 38.9 Å². The van der Waals surface area contributed by atoms with Crippen molar-refractivity contribution in [1.29, 1.82) is 0 Å². The Labute approximate surface area is 161 Å². The number of aliphatic imine (C=N–C) groups is 1. The van der Waals surface area contributed by atoms with Crippen molar-refractivity contribution >= 4 is 11.9 Å². The summed E-state index contributed by atoms with van der Waals surface area (Å²) in [6, 6.07) is 8.81. The zero-order valence-corrected chi connectivity index (χ0v) is 16.2. The maximum atomic E-state index is 11.9. The van der Waals surface area contributed by atoms with Gasteiger partial charge in [-0.25, -0.2) is 4.99 Å². The van der Waals surface area contributed by atoms with E-state index in [-0.39, 0.29) is 12.5 Å². The highest BCUT2D eigenvalue weighted by molar-refractivity contribution is 5.86. The first-order chi connectivity index (χ1) is 13.2. The predicted molar refractivity (Wildman–Crippen MR) is 107 cm³/mol. The molecule has 3 N–H and O–H groups in total. The van der Waals surface area contributed by atoms with Crippen LogP contribution in [0.5, 0.6) is 0 Å². The Morgan fingerprint density at radius 2 is 1.93 bits per heavy atom. The normalized spacial score (nSPS) is 18.2. The van der Waals surface area contributed by atoms with E-state index in [2.05, 4.69) is 50.1 Å². The Bertz CT molecular complexity index is 639. The van der Waals surface area contributed by atoms with Gasteiger partial charge in [0.15, 0.2) is 5.96 Å². The molecule has 1 saturated heterocycles. The van der Waals surface area contributed by atoms with Crippen LogP contribution < -0.4 is 16.0 Å². The smallest absolute Gasteiger partial charge is 0.239 e. The van der Waals surface area contributed by atoms with Gasteiger partial charge < -0.3 is 20.7 Å². The van der Waals surface area contributed by atoms with Crippen LogP contribution in [0, 0.1) is 0 Å². The minimum Gasteiger partial charge on any atom is -0.379 e. The second-order valence-corrected chi connectivity index (χ2v) is 7.05. The molecular weight excluding hydrogens is 342 g/mol. The lowest BCUT2D eigenvalue weighted by Crippen LogP contribution is -2.43. The molecule has 1 saturated carbocycles. The van der Waals surface area contributed by atoms with E-state index in [4.69, 9.17) is 4.74 Å². The third-order valence-electron chi connectivity index (χ3n) is 4.73. The maximum absolute atomic E-state index is 11.9. The Morgan fingerprint density at radius 1 is 1.19 bits per heavy atom. The van der Waals surface area contributed by atoms with E-state index in [0.717, 1.165) is 52.2 Å². The van der Waals surface area contributed by atoms with Gasteiger partial charge >= 0.3 is 0 Å².